The van der Waals surface area contributed by atoms with Crippen LogP contribution in [0.5, 0.6) is 0 Å². The fraction of sp³-hybridized carbons (Fsp3) is 0.250. The summed E-state index contributed by atoms with van der Waals surface area (Å²) in [6, 6.07) is 2.00. The number of rotatable bonds is 1. The molecule has 0 saturated heterocycles. The van der Waals surface area contributed by atoms with E-state index in [1.807, 2.05) is 6.07 Å². The summed E-state index contributed by atoms with van der Waals surface area (Å²) in [5.74, 6) is 0. The zero-order valence-corrected chi connectivity index (χ0v) is 4.85. The lowest BCUT2D eigenvalue weighted by atomic mass is 10.4. The van der Waals surface area contributed by atoms with Crippen molar-refractivity contribution in [3.8, 4) is 6.07 Å². The molecule has 40 valence electrons. The highest BCUT2D eigenvalue weighted by Gasteiger charge is 1.90. The maximum atomic E-state index is 8.14. The van der Waals surface area contributed by atoms with Crippen molar-refractivity contribution < 1.29 is 0 Å². The Morgan fingerprint density at radius 3 is 3.25 bits per heavy atom. The maximum absolute atomic E-state index is 8.14. The fourth-order valence-electron chi connectivity index (χ4n) is 0.343. The van der Waals surface area contributed by atoms with E-state index >= 15 is 0 Å². The van der Waals surface area contributed by atoms with E-state index in [0.717, 1.165) is 4.88 Å². The molecule has 1 rings (SSSR count). The van der Waals surface area contributed by atoms with Crippen molar-refractivity contribution in [2.45, 2.75) is 6.42 Å². The number of hydrogen-bond acceptors (Lipinski definition) is 4. The highest BCUT2D eigenvalue weighted by molar-refractivity contribution is 7.05. The van der Waals surface area contributed by atoms with Gasteiger partial charge in [-0.1, -0.05) is 4.49 Å². The minimum Gasteiger partial charge on any atom is -0.198 e. The molecule has 0 unspecified atom stereocenters. The molecule has 4 heteroatoms. The predicted octanol–water partition coefficient (Wildman–Crippen LogP) is 0.604. The number of nitrogens with zero attached hydrogens (tertiary/aromatic N) is 3. The molecule has 1 heterocycles. The Balaban J connectivity index is 2.67. The van der Waals surface area contributed by atoms with E-state index in [1.165, 1.54) is 11.5 Å². The normalized spacial score (nSPS) is 8.38. The Kier molecular flexibility index (Phi) is 1.55. The van der Waals surface area contributed by atoms with Crippen LogP contribution < -0.4 is 0 Å². The van der Waals surface area contributed by atoms with Crippen LogP contribution in [-0.4, -0.2) is 9.59 Å². The van der Waals surface area contributed by atoms with Gasteiger partial charge in [0.15, 0.2) is 0 Å². The van der Waals surface area contributed by atoms with E-state index in [0.29, 0.717) is 6.42 Å². The van der Waals surface area contributed by atoms with Gasteiger partial charge in [0.05, 0.1) is 23.6 Å². The van der Waals surface area contributed by atoms with Crippen LogP contribution in [0.1, 0.15) is 4.88 Å². The molecule has 0 fully saturated rings. The van der Waals surface area contributed by atoms with E-state index in [9.17, 15) is 0 Å². The first kappa shape index (κ1) is 5.19. The summed E-state index contributed by atoms with van der Waals surface area (Å²) < 4.78 is 3.58. The molecule has 1 aromatic rings. The van der Waals surface area contributed by atoms with Gasteiger partial charge in [-0.3, -0.25) is 0 Å². The molecule has 1 aromatic heterocycles. The first-order valence-electron chi connectivity index (χ1n) is 2.06. The Labute approximate surface area is 50.7 Å². The molecule has 0 aromatic carbocycles. The van der Waals surface area contributed by atoms with Crippen LogP contribution in [-0.2, 0) is 6.42 Å². The number of hydrogen-bond donors (Lipinski definition) is 0. The zero-order valence-electron chi connectivity index (χ0n) is 4.03. The Morgan fingerprint density at radius 2 is 2.75 bits per heavy atom. The highest BCUT2D eigenvalue weighted by atomic mass is 32.1. The topological polar surface area (TPSA) is 49.6 Å². The third kappa shape index (κ3) is 1.01. The second-order valence-electron chi connectivity index (χ2n) is 1.22. The molecule has 0 aliphatic carbocycles. The van der Waals surface area contributed by atoms with Gasteiger partial charge in [-0.2, -0.15) is 5.26 Å². The number of nitriles is 1. The average molecular weight is 125 g/mol. The maximum Gasteiger partial charge on any atom is 0.0727 e. The SMILES string of the molecule is N#CCc1cnns1. The van der Waals surface area contributed by atoms with Crippen molar-refractivity contribution >= 4 is 11.5 Å². The molecule has 0 aliphatic heterocycles. The van der Waals surface area contributed by atoms with Crippen LogP contribution >= 0.6 is 11.5 Å². The van der Waals surface area contributed by atoms with Gasteiger partial charge in [0.2, 0.25) is 0 Å². The third-order valence-electron chi connectivity index (χ3n) is 0.660. The van der Waals surface area contributed by atoms with Crippen LogP contribution in [0.4, 0.5) is 0 Å². The second-order valence-corrected chi connectivity index (χ2v) is 2.09. The van der Waals surface area contributed by atoms with Crippen molar-refractivity contribution in [2.75, 3.05) is 0 Å². The summed E-state index contributed by atoms with van der Waals surface area (Å²) in [6.07, 6.45) is 2.03. The Hall–Kier alpha value is -0.950. The van der Waals surface area contributed by atoms with Crippen molar-refractivity contribution in [2.24, 2.45) is 0 Å². The zero-order chi connectivity index (χ0) is 5.82. The van der Waals surface area contributed by atoms with Crippen LogP contribution in [0.3, 0.4) is 0 Å². The predicted molar refractivity (Wildman–Crippen MR) is 29.2 cm³/mol. The first-order chi connectivity index (χ1) is 3.93. The monoisotopic (exact) mass is 125 g/mol. The molecule has 8 heavy (non-hydrogen) atoms. The molecule has 3 nitrogen and oxygen atoms in total. The van der Waals surface area contributed by atoms with E-state index in [4.69, 9.17) is 5.26 Å². The minimum atomic E-state index is 0.428. The van der Waals surface area contributed by atoms with E-state index in [1.54, 1.807) is 6.20 Å². The van der Waals surface area contributed by atoms with Gasteiger partial charge in [-0.25, -0.2) is 0 Å². The molecule has 0 atom stereocenters. The summed E-state index contributed by atoms with van der Waals surface area (Å²) >= 11 is 1.26. The lowest BCUT2D eigenvalue weighted by molar-refractivity contribution is 1.14. The van der Waals surface area contributed by atoms with E-state index < -0.39 is 0 Å². The van der Waals surface area contributed by atoms with Crippen LogP contribution in [0.2, 0.25) is 0 Å². The van der Waals surface area contributed by atoms with Crippen molar-refractivity contribution in [3.05, 3.63) is 11.1 Å². The Morgan fingerprint density at radius 1 is 1.88 bits per heavy atom. The average Bonchev–Trinajstić information content (AvgIpc) is 2.19. The molecule has 0 aliphatic rings. The van der Waals surface area contributed by atoms with Crippen LogP contribution in [0, 0.1) is 11.3 Å². The highest BCUT2D eigenvalue weighted by Crippen LogP contribution is 2.00. The quantitative estimate of drug-likeness (QED) is 0.552. The Bertz CT molecular complexity index is 186. The van der Waals surface area contributed by atoms with Gasteiger partial charge in [-0.15, -0.1) is 5.10 Å². The second kappa shape index (κ2) is 2.38. The van der Waals surface area contributed by atoms with Crippen LogP contribution in [0.15, 0.2) is 6.20 Å². The largest absolute Gasteiger partial charge is 0.198 e. The smallest absolute Gasteiger partial charge is 0.0727 e. The van der Waals surface area contributed by atoms with E-state index in [2.05, 4.69) is 9.59 Å². The van der Waals surface area contributed by atoms with Crippen molar-refractivity contribution in [1.29, 1.82) is 5.26 Å². The first-order valence-corrected chi connectivity index (χ1v) is 2.84. The lowest BCUT2D eigenvalue weighted by Crippen LogP contribution is -1.68. The summed E-state index contributed by atoms with van der Waals surface area (Å²) in [5, 5.41) is 11.7. The molecule has 0 radical (unpaired) electrons. The van der Waals surface area contributed by atoms with E-state index in [-0.39, 0.29) is 0 Å². The van der Waals surface area contributed by atoms with Gasteiger partial charge in [-0.05, 0) is 11.5 Å². The summed E-state index contributed by atoms with van der Waals surface area (Å²) in [7, 11) is 0. The van der Waals surface area contributed by atoms with Gasteiger partial charge in [0.1, 0.15) is 0 Å². The minimum absolute atomic E-state index is 0.428. The fourth-order valence-corrected chi connectivity index (χ4v) is 0.766. The standard InChI is InChI=1S/C4H3N3S/c5-2-1-4-3-6-7-8-4/h3H,1H2. The van der Waals surface area contributed by atoms with Crippen LogP contribution in [0.25, 0.3) is 0 Å². The van der Waals surface area contributed by atoms with Crippen molar-refractivity contribution in [1.82, 2.24) is 9.59 Å². The van der Waals surface area contributed by atoms with Gasteiger partial charge in [0, 0.05) is 0 Å². The summed E-state index contributed by atoms with van der Waals surface area (Å²) in [6.45, 7) is 0. The third-order valence-corrected chi connectivity index (χ3v) is 1.32. The molecule has 0 spiro atoms. The molecule has 0 amide bonds. The summed E-state index contributed by atoms with van der Waals surface area (Å²) in [5.41, 5.74) is 0. The number of aromatic nitrogens is 2. The van der Waals surface area contributed by atoms with Gasteiger partial charge >= 0.3 is 0 Å². The lowest BCUT2D eigenvalue weighted by Gasteiger charge is -1.72. The molecule has 0 bridgehead atoms. The van der Waals surface area contributed by atoms with Crippen molar-refractivity contribution in [3.63, 3.8) is 0 Å². The molecule has 0 N–H and O–H groups in total. The molecule has 0 saturated carbocycles. The van der Waals surface area contributed by atoms with Gasteiger partial charge < -0.3 is 0 Å². The molecular weight excluding hydrogens is 122 g/mol. The summed E-state index contributed by atoms with van der Waals surface area (Å²) in [4.78, 5) is 0.924. The van der Waals surface area contributed by atoms with Gasteiger partial charge in [0.25, 0.3) is 0 Å². The molecular formula is C4H3N3S.